The van der Waals surface area contributed by atoms with Gasteiger partial charge in [0.2, 0.25) is 5.91 Å². The van der Waals surface area contributed by atoms with Crippen molar-refractivity contribution < 1.29 is 14.4 Å². The molecule has 3 rings (SSSR count). The lowest BCUT2D eigenvalue weighted by atomic mass is 10.1. The Morgan fingerprint density at radius 3 is 2.32 bits per heavy atom. The monoisotopic (exact) mass is 380 g/mol. The Morgan fingerprint density at radius 2 is 1.61 bits per heavy atom. The second-order valence-electron chi connectivity index (χ2n) is 6.07. The predicted molar refractivity (Wildman–Crippen MR) is 104 cm³/mol. The van der Waals surface area contributed by atoms with Gasteiger partial charge in [-0.3, -0.25) is 30.9 Å². The number of hydrazine groups is 2. The second-order valence-corrected chi connectivity index (χ2v) is 6.07. The molecular formula is C19H20N6O3. The SMILES string of the molecule is O=C(CC1N=C(Cc2ccccc2)NNC1=O)NNC(=O)Nc1ccccc1. The average Bonchev–Trinajstić information content (AvgIpc) is 2.70. The van der Waals surface area contributed by atoms with Gasteiger partial charge in [-0.05, 0) is 17.7 Å². The number of amides is 4. The Kier molecular flexibility index (Phi) is 6.19. The Labute approximate surface area is 161 Å². The van der Waals surface area contributed by atoms with Gasteiger partial charge in [0.15, 0.2) is 0 Å². The summed E-state index contributed by atoms with van der Waals surface area (Å²) >= 11 is 0. The molecule has 5 N–H and O–H groups in total. The molecule has 0 aliphatic carbocycles. The molecule has 2 aromatic rings. The minimum Gasteiger partial charge on any atom is -0.307 e. The van der Waals surface area contributed by atoms with Crippen molar-refractivity contribution in [1.29, 1.82) is 0 Å². The van der Waals surface area contributed by atoms with E-state index in [-0.39, 0.29) is 6.42 Å². The first kappa shape index (κ1) is 18.9. The Bertz CT molecular complexity index is 870. The van der Waals surface area contributed by atoms with Crippen LogP contribution in [0.2, 0.25) is 0 Å². The van der Waals surface area contributed by atoms with E-state index in [4.69, 9.17) is 0 Å². The lowest BCUT2D eigenvalue weighted by Gasteiger charge is -2.22. The van der Waals surface area contributed by atoms with Gasteiger partial charge in [-0.25, -0.2) is 10.2 Å². The van der Waals surface area contributed by atoms with Crippen LogP contribution in [-0.2, 0) is 16.0 Å². The fraction of sp³-hybridized carbons (Fsp3) is 0.158. The highest BCUT2D eigenvalue weighted by molar-refractivity contribution is 5.97. The highest BCUT2D eigenvalue weighted by atomic mass is 16.2. The van der Waals surface area contributed by atoms with Crippen LogP contribution in [0, 0.1) is 0 Å². The number of rotatable bonds is 5. The number of benzene rings is 2. The van der Waals surface area contributed by atoms with E-state index < -0.39 is 23.9 Å². The molecule has 0 aromatic heterocycles. The van der Waals surface area contributed by atoms with E-state index in [0.29, 0.717) is 17.9 Å². The van der Waals surface area contributed by atoms with Crippen molar-refractivity contribution in [2.24, 2.45) is 4.99 Å². The zero-order valence-electron chi connectivity index (χ0n) is 14.9. The van der Waals surface area contributed by atoms with Crippen molar-refractivity contribution in [3.63, 3.8) is 0 Å². The average molecular weight is 380 g/mol. The minimum absolute atomic E-state index is 0.197. The van der Waals surface area contributed by atoms with Crippen LogP contribution in [0.5, 0.6) is 0 Å². The zero-order valence-corrected chi connectivity index (χ0v) is 14.9. The number of hydrogen-bond donors (Lipinski definition) is 5. The summed E-state index contributed by atoms with van der Waals surface area (Å²) in [6, 6.07) is 16.9. The van der Waals surface area contributed by atoms with Gasteiger partial charge in [0.05, 0.1) is 6.42 Å². The van der Waals surface area contributed by atoms with E-state index in [9.17, 15) is 14.4 Å². The van der Waals surface area contributed by atoms with Gasteiger partial charge in [-0.2, -0.15) is 0 Å². The van der Waals surface area contributed by atoms with Gasteiger partial charge < -0.3 is 5.32 Å². The summed E-state index contributed by atoms with van der Waals surface area (Å²) in [6.45, 7) is 0. The summed E-state index contributed by atoms with van der Waals surface area (Å²) in [6.07, 6.45) is 0.300. The molecule has 2 aromatic carbocycles. The van der Waals surface area contributed by atoms with Crippen LogP contribution in [0.15, 0.2) is 65.7 Å². The second kappa shape index (κ2) is 9.17. The highest BCUT2D eigenvalue weighted by Crippen LogP contribution is 2.07. The van der Waals surface area contributed by atoms with Crippen LogP contribution >= 0.6 is 0 Å². The van der Waals surface area contributed by atoms with Gasteiger partial charge >= 0.3 is 6.03 Å². The molecule has 1 heterocycles. The molecule has 0 bridgehead atoms. The molecule has 1 atom stereocenters. The summed E-state index contributed by atoms with van der Waals surface area (Å²) < 4.78 is 0. The molecule has 0 saturated heterocycles. The van der Waals surface area contributed by atoms with Gasteiger partial charge in [0.1, 0.15) is 11.9 Å². The summed E-state index contributed by atoms with van der Waals surface area (Å²) in [5.41, 5.74) is 11.4. The van der Waals surface area contributed by atoms with E-state index in [1.54, 1.807) is 24.3 Å². The standard InChI is InChI=1S/C19H20N6O3/c26-17(23-25-19(28)20-14-9-5-2-6-10-14)12-15-18(27)24-22-16(21-15)11-13-7-3-1-4-8-13/h1-10,15H,11-12H2,(H,21,22)(H,23,26)(H,24,27)(H2,20,25,28). The fourth-order valence-electron chi connectivity index (χ4n) is 2.55. The number of carbonyl (C=O) groups excluding carboxylic acids is 3. The van der Waals surface area contributed by atoms with Gasteiger partial charge in [-0.15, -0.1) is 0 Å². The van der Waals surface area contributed by atoms with E-state index >= 15 is 0 Å². The number of nitrogens with zero attached hydrogens (tertiary/aromatic N) is 1. The molecule has 1 aliphatic heterocycles. The number of aliphatic imine (C=N–C) groups is 1. The highest BCUT2D eigenvalue weighted by Gasteiger charge is 2.25. The van der Waals surface area contributed by atoms with Crippen molar-refractivity contribution in [3.8, 4) is 0 Å². The quantitative estimate of drug-likeness (QED) is 0.494. The number of para-hydroxylation sites is 1. The number of anilines is 1. The lowest BCUT2D eigenvalue weighted by molar-refractivity contribution is -0.128. The van der Waals surface area contributed by atoms with Crippen LogP contribution in [0.25, 0.3) is 0 Å². The largest absolute Gasteiger partial charge is 0.337 e. The molecule has 28 heavy (non-hydrogen) atoms. The van der Waals surface area contributed by atoms with Crippen molar-refractivity contribution in [2.75, 3.05) is 5.32 Å². The molecule has 0 spiro atoms. The predicted octanol–water partition coefficient (Wildman–Crippen LogP) is 0.874. The molecule has 1 unspecified atom stereocenters. The van der Waals surface area contributed by atoms with Gasteiger partial charge in [0.25, 0.3) is 5.91 Å². The molecule has 0 radical (unpaired) electrons. The fourth-order valence-corrected chi connectivity index (χ4v) is 2.55. The number of urea groups is 1. The van der Waals surface area contributed by atoms with Crippen molar-refractivity contribution in [3.05, 3.63) is 66.2 Å². The number of nitrogens with one attached hydrogen (secondary N) is 5. The van der Waals surface area contributed by atoms with Crippen LogP contribution < -0.4 is 27.0 Å². The Balaban J connectivity index is 1.49. The normalized spacial score (nSPS) is 15.5. The van der Waals surface area contributed by atoms with E-state index in [0.717, 1.165) is 5.56 Å². The first-order valence-electron chi connectivity index (χ1n) is 8.67. The molecule has 0 saturated carbocycles. The van der Waals surface area contributed by atoms with E-state index in [1.165, 1.54) is 0 Å². The molecule has 9 nitrogen and oxygen atoms in total. The smallest absolute Gasteiger partial charge is 0.307 e. The first-order chi connectivity index (χ1) is 13.6. The van der Waals surface area contributed by atoms with Crippen LogP contribution in [0.4, 0.5) is 10.5 Å². The third-order valence-electron chi connectivity index (χ3n) is 3.88. The maximum atomic E-state index is 12.1. The number of hydrogen-bond acceptors (Lipinski definition) is 5. The van der Waals surface area contributed by atoms with Crippen LogP contribution in [0.3, 0.4) is 0 Å². The van der Waals surface area contributed by atoms with Crippen molar-refractivity contribution >= 4 is 29.4 Å². The summed E-state index contributed by atoms with van der Waals surface area (Å²) in [4.78, 5) is 40.1. The summed E-state index contributed by atoms with van der Waals surface area (Å²) in [7, 11) is 0. The molecule has 9 heteroatoms. The Hall–Kier alpha value is -3.88. The number of amidine groups is 1. The molecule has 1 aliphatic rings. The van der Waals surface area contributed by atoms with E-state index in [2.05, 4.69) is 32.0 Å². The summed E-state index contributed by atoms with van der Waals surface area (Å²) in [5, 5.41) is 2.56. The first-order valence-corrected chi connectivity index (χ1v) is 8.67. The summed E-state index contributed by atoms with van der Waals surface area (Å²) in [5.74, 6) is -0.396. The van der Waals surface area contributed by atoms with Crippen LogP contribution in [-0.4, -0.2) is 29.7 Å². The lowest BCUT2D eigenvalue weighted by Crippen LogP contribution is -2.53. The zero-order chi connectivity index (χ0) is 19.8. The van der Waals surface area contributed by atoms with Gasteiger partial charge in [-0.1, -0.05) is 48.5 Å². The third kappa shape index (κ3) is 5.56. The Morgan fingerprint density at radius 1 is 0.929 bits per heavy atom. The van der Waals surface area contributed by atoms with Crippen molar-refractivity contribution in [1.82, 2.24) is 21.7 Å². The molecule has 144 valence electrons. The maximum Gasteiger partial charge on any atom is 0.337 e. The molecule has 4 amide bonds. The third-order valence-corrected chi connectivity index (χ3v) is 3.88. The minimum atomic E-state index is -0.876. The van der Waals surface area contributed by atoms with Crippen LogP contribution in [0.1, 0.15) is 12.0 Å². The molecule has 0 fully saturated rings. The topological polar surface area (TPSA) is 124 Å². The maximum absolute atomic E-state index is 12.1. The molecular weight excluding hydrogens is 360 g/mol. The number of carbonyl (C=O) groups is 3. The van der Waals surface area contributed by atoms with Crippen molar-refractivity contribution in [2.45, 2.75) is 18.9 Å². The van der Waals surface area contributed by atoms with E-state index in [1.807, 2.05) is 36.4 Å². The van der Waals surface area contributed by atoms with Gasteiger partial charge in [0, 0.05) is 12.1 Å².